The fourth-order valence-corrected chi connectivity index (χ4v) is 7.10. The summed E-state index contributed by atoms with van der Waals surface area (Å²) in [4.78, 5) is -0.905. The van der Waals surface area contributed by atoms with Gasteiger partial charge in [0.1, 0.15) is 38.0 Å². The van der Waals surface area contributed by atoms with Gasteiger partial charge < -0.3 is 24.2 Å². The van der Waals surface area contributed by atoms with E-state index < -0.39 is 30.9 Å². The summed E-state index contributed by atoms with van der Waals surface area (Å²) in [5.41, 5.74) is 2.18. The van der Waals surface area contributed by atoms with Crippen LogP contribution in [0.3, 0.4) is 0 Å². The molecule has 0 aliphatic heterocycles. The van der Waals surface area contributed by atoms with Gasteiger partial charge in [0.15, 0.2) is 5.75 Å². The first kappa shape index (κ1) is 48.3. The molecule has 4 aromatic carbocycles. The first-order valence-corrected chi connectivity index (χ1v) is 21.8. The zero-order chi connectivity index (χ0) is 39.4. The first-order valence-electron chi connectivity index (χ1n) is 18.9. The van der Waals surface area contributed by atoms with E-state index >= 15 is 0 Å². The molecular weight excluding hydrogens is 769 g/mol. The molecule has 0 amide bonds. The summed E-state index contributed by atoms with van der Waals surface area (Å²) in [6, 6.07) is 21.2. The molecule has 0 aliphatic carbocycles. The van der Waals surface area contributed by atoms with Crippen molar-refractivity contribution in [2.45, 2.75) is 126 Å². The van der Waals surface area contributed by atoms with Crippen molar-refractivity contribution in [3.63, 3.8) is 0 Å². The van der Waals surface area contributed by atoms with Crippen LogP contribution in [0.5, 0.6) is 34.5 Å². The number of unbranched alkanes of at least 4 members (excludes halogenated alkanes) is 12. The number of benzene rings is 4. The second kappa shape index (κ2) is 25.4. The van der Waals surface area contributed by atoms with E-state index in [0.717, 1.165) is 61.1 Å². The van der Waals surface area contributed by atoms with Gasteiger partial charge >= 0.3 is 37.7 Å². The van der Waals surface area contributed by atoms with E-state index in [4.69, 9.17) is 9.47 Å². The van der Waals surface area contributed by atoms with Gasteiger partial charge in [0.2, 0.25) is 0 Å². The minimum absolute atomic E-state index is 0. The van der Waals surface area contributed by atoms with Crippen LogP contribution in [0, 0.1) is 0 Å². The summed E-state index contributed by atoms with van der Waals surface area (Å²) in [6.07, 6.45) is 19.1. The minimum Gasteiger partial charge on any atom is -0.872 e. The maximum atomic E-state index is 11.5. The Morgan fingerprint density at radius 2 is 1.00 bits per heavy atom. The normalized spacial score (nSPS) is 11.3. The number of phenols is 1. The van der Waals surface area contributed by atoms with Crippen molar-refractivity contribution in [1.82, 2.24) is 0 Å². The molecule has 0 aromatic heterocycles. The average molecular weight is 823 g/mol. The van der Waals surface area contributed by atoms with Gasteiger partial charge in [-0.1, -0.05) is 121 Å². The molecule has 0 saturated carbocycles. The van der Waals surface area contributed by atoms with Crippen molar-refractivity contribution in [1.29, 1.82) is 0 Å². The molecule has 0 bridgehead atoms. The van der Waals surface area contributed by atoms with Crippen molar-refractivity contribution in [3.05, 3.63) is 96.1 Å². The molecule has 0 aliphatic rings. The first-order chi connectivity index (χ1) is 25.8. The van der Waals surface area contributed by atoms with E-state index in [-0.39, 0.29) is 59.9 Å². The third-order valence-electron chi connectivity index (χ3n) is 8.78. The van der Waals surface area contributed by atoms with Crippen molar-refractivity contribution in [2.24, 2.45) is 0 Å². The summed E-state index contributed by atoms with van der Waals surface area (Å²) in [5.74, 6) is -0.0266. The number of hydrogen-bond acceptors (Lipinski definition) is 9. The SMILES string of the molecule is CCCCCCCCCc1cccc(Oc2cc(O)ccc2S(=O)(=O)O)c1.CCCCCCCCCc1cccc(Oc2cc([O-])ccc2S(=O)(=O)[O-])c1.[Ca+2]. The maximum absolute atomic E-state index is 11.5. The maximum Gasteiger partial charge on any atom is 2.00 e. The van der Waals surface area contributed by atoms with E-state index in [1.807, 2.05) is 36.4 Å². The molecule has 4 aromatic rings. The molecule has 4 rings (SSSR count). The third kappa shape index (κ3) is 18.8. The third-order valence-corrected chi connectivity index (χ3v) is 10.5. The standard InChI is InChI=1S/2C21H28O5S.Ca/c2*1-2-3-4-5-6-7-8-10-17-11-9-12-19(15-17)26-20-16-18(22)13-14-21(20)27(23,24)25;/h2*9,11-16,22H,2-8,10H2,1H3,(H,23,24,25);/q;;+2/p-2. The average Bonchev–Trinajstić information content (AvgIpc) is 3.10. The van der Waals surface area contributed by atoms with Crippen LogP contribution < -0.4 is 14.6 Å². The summed E-state index contributed by atoms with van der Waals surface area (Å²) in [6.45, 7) is 4.42. The van der Waals surface area contributed by atoms with E-state index in [1.165, 1.54) is 89.2 Å². The van der Waals surface area contributed by atoms with Gasteiger partial charge in [0.05, 0.1) is 4.90 Å². The van der Waals surface area contributed by atoms with Crippen LogP contribution in [0.25, 0.3) is 0 Å². The molecule has 55 heavy (non-hydrogen) atoms. The molecule has 2 N–H and O–H groups in total. The topological polar surface area (TPSA) is 173 Å². The van der Waals surface area contributed by atoms with Crippen LogP contribution in [0.4, 0.5) is 0 Å². The Labute approximate surface area is 357 Å². The zero-order valence-corrected chi connectivity index (χ0v) is 35.9. The molecule has 0 fully saturated rings. The van der Waals surface area contributed by atoms with Crippen LogP contribution in [0.2, 0.25) is 0 Å². The van der Waals surface area contributed by atoms with Crippen molar-refractivity contribution >= 4 is 58.0 Å². The Morgan fingerprint density at radius 3 is 1.45 bits per heavy atom. The summed E-state index contributed by atoms with van der Waals surface area (Å²) in [7, 11) is -9.17. The van der Waals surface area contributed by atoms with Crippen molar-refractivity contribution in [2.75, 3.05) is 0 Å². The number of rotatable bonds is 22. The summed E-state index contributed by atoms with van der Waals surface area (Å²) >= 11 is 0. The van der Waals surface area contributed by atoms with E-state index in [1.54, 1.807) is 12.1 Å². The Morgan fingerprint density at radius 1 is 0.564 bits per heavy atom. The monoisotopic (exact) mass is 822 g/mol. The van der Waals surface area contributed by atoms with Gasteiger partial charge in [0, 0.05) is 6.07 Å². The van der Waals surface area contributed by atoms with Gasteiger partial charge in [-0.05, 0) is 85.3 Å². The second-order valence-corrected chi connectivity index (χ2v) is 16.1. The van der Waals surface area contributed by atoms with E-state index in [2.05, 4.69) is 13.8 Å². The minimum atomic E-state index is -4.72. The Kier molecular flexibility index (Phi) is 22.3. The molecule has 0 saturated heterocycles. The quantitative estimate of drug-likeness (QED) is 0.0441. The predicted octanol–water partition coefficient (Wildman–Crippen LogP) is 10.1. The molecule has 0 unspecified atom stereocenters. The molecule has 13 heteroatoms. The zero-order valence-electron chi connectivity index (χ0n) is 32.1. The summed E-state index contributed by atoms with van der Waals surface area (Å²) < 4.78 is 77.5. The number of aryl methyl sites for hydroxylation is 2. The van der Waals surface area contributed by atoms with Crippen LogP contribution in [-0.2, 0) is 33.1 Å². The van der Waals surface area contributed by atoms with Gasteiger partial charge in [0.25, 0.3) is 10.1 Å². The van der Waals surface area contributed by atoms with Crippen molar-refractivity contribution in [3.8, 4) is 34.5 Å². The summed E-state index contributed by atoms with van der Waals surface area (Å²) in [5, 5.41) is 21.1. The molecule has 0 radical (unpaired) electrons. The number of hydrogen-bond donors (Lipinski definition) is 2. The molecule has 0 heterocycles. The fourth-order valence-electron chi connectivity index (χ4n) is 5.92. The molecule has 10 nitrogen and oxygen atoms in total. The van der Waals surface area contributed by atoms with Gasteiger partial charge in [-0.25, -0.2) is 8.42 Å². The van der Waals surface area contributed by atoms with Gasteiger partial charge in [-0.3, -0.25) is 4.55 Å². The van der Waals surface area contributed by atoms with Gasteiger partial charge in [-0.15, -0.1) is 5.75 Å². The predicted molar refractivity (Wildman–Crippen MR) is 214 cm³/mol. The fraction of sp³-hybridized carbons (Fsp3) is 0.429. The molecular formula is C42H54CaO10S2. The van der Waals surface area contributed by atoms with Crippen LogP contribution in [-0.4, -0.2) is 68.8 Å². The number of phenolic OH excluding ortho intramolecular Hbond substituents is 1. The second-order valence-electron chi connectivity index (χ2n) is 13.4. The van der Waals surface area contributed by atoms with E-state index in [9.17, 15) is 36.2 Å². The largest absolute Gasteiger partial charge is 2.00 e. The van der Waals surface area contributed by atoms with Crippen LogP contribution in [0.1, 0.15) is 115 Å². The van der Waals surface area contributed by atoms with Crippen LogP contribution in [0.15, 0.2) is 94.7 Å². The van der Waals surface area contributed by atoms with E-state index in [0.29, 0.717) is 11.5 Å². The number of ether oxygens (including phenoxy) is 2. The Balaban J connectivity index is 0.000000373. The van der Waals surface area contributed by atoms with Gasteiger partial charge in [-0.2, -0.15) is 8.42 Å². The molecule has 0 spiro atoms. The number of aromatic hydroxyl groups is 1. The molecule has 296 valence electrons. The van der Waals surface area contributed by atoms with Crippen LogP contribution >= 0.6 is 0 Å². The Bertz CT molecular complexity index is 1810. The smallest absolute Gasteiger partial charge is 0.872 e. The Hall–Kier alpha value is -2.84. The molecule has 0 atom stereocenters. The van der Waals surface area contributed by atoms with Crippen molar-refractivity contribution < 1.29 is 45.6 Å².